The highest BCUT2D eigenvalue weighted by atomic mass is 35.5. The van der Waals surface area contributed by atoms with Gasteiger partial charge >= 0.3 is 0 Å². The standard InChI is InChI=1S/C20H19ClN2O2S/c1-12-5-6-15(11-17(12)21)19(24)22-20-23(3)18(13(2)26-20)14-7-9-16(25-4)10-8-14/h5-11H,1-4H3. The Morgan fingerprint density at radius 3 is 2.46 bits per heavy atom. The van der Waals surface area contributed by atoms with Gasteiger partial charge in [0.15, 0.2) is 4.80 Å². The highest BCUT2D eigenvalue weighted by Gasteiger charge is 2.12. The van der Waals surface area contributed by atoms with E-state index in [1.54, 1.807) is 19.2 Å². The molecule has 0 aliphatic rings. The van der Waals surface area contributed by atoms with E-state index in [0.717, 1.165) is 27.4 Å². The fraction of sp³-hybridized carbons (Fsp3) is 0.200. The number of ether oxygens (including phenoxy) is 1. The van der Waals surface area contributed by atoms with Gasteiger partial charge in [-0.05, 0) is 61.4 Å². The van der Waals surface area contributed by atoms with Gasteiger partial charge in [-0.25, -0.2) is 0 Å². The molecule has 0 saturated heterocycles. The quantitative estimate of drug-likeness (QED) is 0.650. The number of thiazole rings is 1. The van der Waals surface area contributed by atoms with Crippen LogP contribution in [0, 0.1) is 13.8 Å². The number of aromatic nitrogens is 1. The Morgan fingerprint density at radius 1 is 1.15 bits per heavy atom. The first-order valence-electron chi connectivity index (χ1n) is 8.06. The molecular weight excluding hydrogens is 368 g/mol. The minimum Gasteiger partial charge on any atom is -0.497 e. The van der Waals surface area contributed by atoms with E-state index >= 15 is 0 Å². The molecule has 1 aromatic heterocycles. The molecule has 26 heavy (non-hydrogen) atoms. The Kier molecular flexibility index (Phi) is 5.30. The zero-order valence-electron chi connectivity index (χ0n) is 15.0. The number of benzene rings is 2. The fourth-order valence-corrected chi connectivity index (χ4v) is 3.87. The second kappa shape index (κ2) is 7.48. The molecule has 4 nitrogen and oxygen atoms in total. The van der Waals surface area contributed by atoms with Gasteiger partial charge in [-0.15, -0.1) is 11.3 Å². The van der Waals surface area contributed by atoms with E-state index in [-0.39, 0.29) is 5.91 Å². The van der Waals surface area contributed by atoms with E-state index in [0.29, 0.717) is 15.4 Å². The van der Waals surface area contributed by atoms with Crippen LogP contribution in [0.15, 0.2) is 47.5 Å². The Balaban J connectivity index is 2.02. The van der Waals surface area contributed by atoms with Gasteiger partial charge in [0.25, 0.3) is 5.91 Å². The molecule has 134 valence electrons. The van der Waals surface area contributed by atoms with Gasteiger partial charge < -0.3 is 9.30 Å². The van der Waals surface area contributed by atoms with Crippen LogP contribution in [-0.2, 0) is 7.05 Å². The monoisotopic (exact) mass is 386 g/mol. The number of rotatable bonds is 3. The highest BCUT2D eigenvalue weighted by Crippen LogP contribution is 2.26. The van der Waals surface area contributed by atoms with Crippen LogP contribution in [0.5, 0.6) is 5.75 Å². The Morgan fingerprint density at radius 2 is 1.85 bits per heavy atom. The minimum absolute atomic E-state index is 0.301. The lowest BCUT2D eigenvalue weighted by Crippen LogP contribution is -2.14. The molecule has 3 rings (SSSR count). The summed E-state index contributed by atoms with van der Waals surface area (Å²) in [6.45, 7) is 3.92. The molecule has 0 saturated carbocycles. The SMILES string of the molecule is COc1ccc(-c2c(C)sc(=NC(=O)c3ccc(C)c(Cl)c3)n2C)cc1. The van der Waals surface area contributed by atoms with Crippen molar-refractivity contribution in [1.82, 2.24) is 4.57 Å². The summed E-state index contributed by atoms with van der Waals surface area (Å²) in [6, 6.07) is 13.1. The Labute approximate surface area is 161 Å². The van der Waals surface area contributed by atoms with Gasteiger partial charge in [-0.2, -0.15) is 4.99 Å². The second-order valence-electron chi connectivity index (χ2n) is 5.96. The molecule has 3 aromatic rings. The molecule has 6 heteroatoms. The predicted molar refractivity (Wildman–Crippen MR) is 106 cm³/mol. The summed E-state index contributed by atoms with van der Waals surface area (Å²) in [4.78, 5) is 18.6. The first-order chi connectivity index (χ1) is 12.4. The Bertz CT molecular complexity index is 1030. The normalized spacial score (nSPS) is 11.7. The topological polar surface area (TPSA) is 43.6 Å². The molecular formula is C20H19ClN2O2S. The number of hydrogen-bond acceptors (Lipinski definition) is 3. The highest BCUT2D eigenvalue weighted by molar-refractivity contribution is 7.09. The number of aryl methyl sites for hydroxylation is 2. The number of halogens is 1. The van der Waals surface area contributed by atoms with Crippen molar-refractivity contribution in [2.24, 2.45) is 12.0 Å². The molecule has 0 aliphatic carbocycles. The van der Waals surface area contributed by atoms with Crippen LogP contribution in [0.2, 0.25) is 5.02 Å². The molecule has 1 amide bonds. The first-order valence-corrected chi connectivity index (χ1v) is 9.26. The van der Waals surface area contributed by atoms with Crippen LogP contribution >= 0.6 is 22.9 Å². The van der Waals surface area contributed by atoms with Crippen molar-refractivity contribution in [3.05, 3.63) is 68.3 Å². The van der Waals surface area contributed by atoms with Crippen LogP contribution in [0.25, 0.3) is 11.3 Å². The van der Waals surface area contributed by atoms with Crippen molar-refractivity contribution in [3.63, 3.8) is 0 Å². The lowest BCUT2D eigenvalue weighted by Gasteiger charge is -2.06. The summed E-state index contributed by atoms with van der Waals surface area (Å²) in [7, 11) is 3.56. The zero-order chi connectivity index (χ0) is 18.8. The molecule has 0 N–H and O–H groups in total. The summed E-state index contributed by atoms with van der Waals surface area (Å²) >= 11 is 7.61. The van der Waals surface area contributed by atoms with Gasteiger partial charge in [-0.1, -0.05) is 17.7 Å². The maximum atomic E-state index is 12.5. The second-order valence-corrected chi connectivity index (χ2v) is 7.55. The van der Waals surface area contributed by atoms with E-state index in [4.69, 9.17) is 16.3 Å². The van der Waals surface area contributed by atoms with Crippen LogP contribution in [-0.4, -0.2) is 17.6 Å². The van der Waals surface area contributed by atoms with Crippen LogP contribution in [0.1, 0.15) is 20.8 Å². The molecule has 1 heterocycles. The van der Waals surface area contributed by atoms with E-state index < -0.39 is 0 Å². The minimum atomic E-state index is -0.301. The molecule has 0 bridgehead atoms. The third-order valence-electron chi connectivity index (χ3n) is 4.18. The number of methoxy groups -OCH3 is 1. The van der Waals surface area contributed by atoms with Gasteiger partial charge in [0.05, 0.1) is 12.8 Å². The predicted octanol–water partition coefficient (Wildman–Crippen LogP) is 4.77. The molecule has 0 fully saturated rings. The van der Waals surface area contributed by atoms with E-state index in [1.807, 2.05) is 55.8 Å². The first kappa shape index (κ1) is 18.4. The van der Waals surface area contributed by atoms with E-state index in [2.05, 4.69) is 4.99 Å². The van der Waals surface area contributed by atoms with Gasteiger partial charge in [0, 0.05) is 22.5 Å². The molecule has 0 atom stereocenters. The van der Waals surface area contributed by atoms with E-state index in [1.165, 1.54) is 11.3 Å². The summed E-state index contributed by atoms with van der Waals surface area (Å²) in [6.07, 6.45) is 0. The summed E-state index contributed by atoms with van der Waals surface area (Å²) < 4.78 is 7.15. The average molecular weight is 387 g/mol. The smallest absolute Gasteiger partial charge is 0.279 e. The number of hydrogen-bond donors (Lipinski definition) is 0. The zero-order valence-corrected chi connectivity index (χ0v) is 16.6. The van der Waals surface area contributed by atoms with Gasteiger partial charge in [-0.3, -0.25) is 4.79 Å². The van der Waals surface area contributed by atoms with Crippen molar-refractivity contribution in [3.8, 4) is 17.0 Å². The molecule has 0 radical (unpaired) electrons. The third-order valence-corrected chi connectivity index (χ3v) is 5.63. The average Bonchev–Trinajstić information content (AvgIpc) is 2.91. The van der Waals surface area contributed by atoms with Crippen molar-refractivity contribution in [2.75, 3.05) is 7.11 Å². The van der Waals surface area contributed by atoms with Crippen LogP contribution < -0.4 is 9.54 Å². The third kappa shape index (κ3) is 3.59. The van der Waals surface area contributed by atoms with Crippen molar-refractivity contribution < 1.29 is 9.53 Å². The number of carbonyl (C=O) groups excluding carboxylic acids is 1. The Hall–Kier alpha value is -2.37. The number of carbonyl (C=O) groups is 1. The van der Waals surface area contributed by atoms with Gasteiger partial charge in [0.1, 0.15) is 5.75 Å². The molecule has 0 unspecified atom stereocenters. The lowest BCUT2D eigenvalue weighted by atomic mass is 10.1. The number of nitrogens with zero attached hydrogens (tertiary/aromatic N) is 2. The molecule has 2 aromatic carbocycles. The maximum Gasteiger partial charge on any atom is 0.279 e. The molecule has 0 spiro atoms. The van der Waals surface area contributed by atoms with Crippen molar-refractivity contribution in [2.45, 2.75) is 13.8 Å². The summed E-state index contributed by atoms with van der Waals surface area (Å²) in [5.74, 6) is 0.505. The fourth-order valence-electron chi connectivity index (χ4n) is 2.71. The van der Waals surface area contributed by atoms with E-state index in [9.17, 15) is 4.79 Å². The van der Waals surface area contributed by atoms with Gasteiger partial charge in [0.2, 0.25) is 0 Å². The maximum absolute atomic E-state index is 12.5. The lowest BCUT2D eigenvalue weighted by molar-refractivity contribution is 0.0998. The van der Waals surface area contributed by atoms with Crippen LogP contribution in [0.4, 0.5) is 0 Å². The summed E-state index contributed by atoms with van der Waals surface area (Å²) in [5.41, 5.74) is 3.50. The van der Waals surface area contributed by atoms with Crippen molar-refractivity contribution >= 4 is 28.8 Å². The number of amides is 1. The summed E-state index contributed by atoms with van der Waals surface area (Å²) in [5, 5.41) is 0.566. The van der Waals surface area contributed by atoms with Crippen LogP contribution in [0.3, 0.4) is 0 Å². The van der Waals surface area contributed by atoms with Crippen molar-refractivity contribution in [1.29, 1.82) is 0 Å². The molecule has 0 aliphatic heterocycles. The largest absolute Gasteiger partial charge is 0.497 e.